The van der Waals surface area contributed by atoms with Gasteiger partial charge in [-0.25, -0.2) is 0 Å². The Morgan fingerprint density at radius 2 is 1.93 bits per heavy atom. The maximum absolute atomic E-state index is 12.6. The van der Waals surface area contributed by atoms with Crippen molar-refractivity contribution in [1.29, 1.82) is 0 Å². The first-order valence-electron chi connectivity index (χ1n) is 10.5. The lowest BCUT2D eigenvalue weighted by molar-refractivity contribution is -0.131. The van der Waals surface area contributed by atoms with Crippen LogP contribution < -0.4 is 0 Å². The molecule has 2 fully saturated rings. The van der Waals surface area contributed by atoms with Gasteiger partial charge in [0.15, 0.2) is 5.82 Å². The Labute approximate surface area is 166 Å². The molecule has 1 aliphatic carbocycles. The van der Waals surface area contributed by atoms with Gasteiger partial charge in [0.2, 0.25) is 5.91 Å². The molecular weight excluding hydrogens is 354 g/mol. The van der Waals surface area contributed by atoms with Gasteiger partial charge in [-0.2, -0.15) is 4.98 Å². The summed E-state index contributed by atoms with van der Waals surface area (Å²) in [5.41, 5.74) is 1.12. The molecule has 1 aromatic carbocycles. The van der Waals surface area contributed by atoms with Crippen LogP contribution in [0.1, 0.15) is 68.1 Å². The van der Waals surface area contributed by atoms with Crippen LogP contribution in [0.15, 0.2) is 34.9 Å². The summed E-state index contributed by atoms with van der Waals surface area (Å²) in [6.45, 7) is 2.32. The highest BCUT2D eigenvalue weighted by Gasteiger charge is 2.31. The zero-order chi connectivity index (χ0) is 19.2. The number of carbonyl (C=O) groups is 1. The number of likely N-dealkylation sites (tertiary alicyclic amines) is 1. The summed E-state index contributed by atoms with van der Waals surface area (Å²) in [6.07, 6.45) is 7.90. The van der Waals surface area contributed by atoms with Crippen molar-refractivity contribution in [2.24, 2.45) is 5.92 Å². The summed E-state index contributed by atoms with van der Waals surface area (Å²) >= 11 is 0. The molecule has 1 aromatic heterocycles. The SMILES string of the molecule is O=C(CC1CCCCC1)N1CCC(c2noc(COCc3ccccc3)n2)C1. The molecule has 0 N–H and O–H groups in total. The van der Waals surface area contributed by atoms with Crippen LogP contribution in [0.2, 0.25) is 0 Å². The third kappa shape index (κ3) is 4.98. The molecule has 6 nitrogen and oxygen atoms in total. The molecule has 1 atom stereocenters. The smallest absolute Gasteiger partial charge is 0.252 e. The summed E-state index contributed by atoms with van der Waals surface area (Å²) in [7, 11) is 0. The Morgan fingerprint density at radius 1 is 1.11 bits per heavy atom. The topological polar surface area (TPSA) is 68.5 Å². The predicted octanol–water partition coefficient (Wildman–Crippen LogP) is 4.07. The molecule has 1 amide bonds. The Balaban J connectivity index is 1.23. The standard InChI is InChI=1S/C22H29N3O3/c26-21(13-17-7-3-1-4-8-17)25-12-11-19(14-25)22-23-20(28-24-22)16-27-15-18-9-5-2-6-10-18/h2,5-6,9-10,17,19H,1,3-4,7-8,11-16H2. The molecule has 0 bridgehead atoms. The molecule has 1 unspecified atom stereocenters. The van der Waals surface area contributed by atoms with E-state index in [-0.39, 0.29) is 5.92 Å². The maximum atomic E-state index is 12.6. The number of hydrogen-bond donors (Lipinski definition) is 0. The van der Waals surface area contributed by atoms with Gasteiger partial charge in [0, 0.05) is 25.4 Å². The van der Waals surface area contributed by atoms with E-state index < -0.39 is 0 Å². The van der Waals surface area contributed by atoms with Gasteiger partial charge in [0.25, 0.3) is 5.89 Å². The fourth-order valence-electron chi connectivity index (χ4n) is 4.29. The second-order valence-corrected chi connectivity index (χ2v) is 8.06. The highest BCUT2D eigenvalue weighted by molar-refractivity contribution is 5.76. The number of hydrogen-bond acceptors (Lipinski definition) is 5. The third-order valence-electron chi connectivity index (χ3n) is 5.92. The van der Waals surface area contributed by atoms with Crippen molar-refractivity contribution in [2.45, 2.75) is 64.1 Å². The van der Waals surface area contributed by atoms with Gasteiger partial charge >= 0.3 is 0 Å². The Morgan fingerprint density at radius 3 is 2.75 bits per heavy atom. The van der Waals surface area contributed by atoms with Crippen LogP contribution in [0.5, 0.6) is 0 Å². The van der Waals surface area contributed by atoms with Crippen molar-refractivity contribution in [3.05, 3.63) is 47.6 Å². The number of rotatable bonds is 7. The summed E-state index contributed by atoms with van der Waals surface area (Å²) in [5, 5.41) is 4.13. The molecule has 1 saturated heterocycles. The van der Waals surface area contributed by atoms with Gasteiger partial charge in [0.05, 0.1) is 6.61 Å². The molecule has 150 valence electrons. The quantitative estimate of drug-likeness (QED) is 0.721. The van der Waals surface area contributed by atoms with Crippen molar-refractivity contribution < 1.29 is 14.1 Å². The van der Waals surface area contributed by atoms with E-state index in [0.717, 1.165) is 18.5 Å². The number of nitrogens with zero attached hydrogens (tertiary/aromatic N) is 3. The van der Waals surface area contributed by atoms with Crippen LogP contribution in [-0.4, -0.2) is 34.0 Å². The van der Waals surface area contributed by atoms with Gasteiger partial charge < -0.3 is 14.2 Å². The Hall–Kier alpha value is -2.21. The van der Waals surface area contributed by atoms with Crippen molar-refractivity contribution in [1.82, 2.24) is 15.0 Å². The van der Waals surface area contributed by atoms with Crippen LogP contribution in [-0.2, 0) is 22.7 Å². The third-order valence-corrected chi connectivity index (χ3v) is 5.92. The number of carbonyl (C=O) groups excluding carboxylic acids is 1. The normalized spacial score (nSPS) is 20.6. The summed E-state index contributed by atoms with van der Waals surface area (Å²) in [4.78, 5) is 19.1. The number of aromatic nitrogens is 2. The molecule has 1 aliphatic heterocycles. The molecule has 4 rings (SSSR count). The number of amides is 1. The average molecular weight is 383 g/mol. The highest BCUT2D eigenvalue weighted by Crippen LogP contribution is 2.30. The average Bonchev–Trinajstić information content (AvgIpc) is 3.39. The van der Waals surface area contributed by atoms with Crippen molar-refractivity contribution in [3.8, 4) is 0 Å². The zero-order valence-corrected chi connectivity index (χ0v) is 16.4. The Kier molecular flexibility index (Phi) is 6.37. The maximum Gasteiger partial charge on any atom is 0.252 e. The lowest BCUT2D eigenvalue weighted by atomic mass is 9.87. The van der Waals surface area contributed by atoms with E-state index in [1.54, 1.807) is 0 Å². The van der Waals surface area contributed by atoms with Crippen LogP contribution in [0.4, 0.5) is 0 Å². The van der Waals surface area contributed by atoms with Crippen molar-refractivity contribution >= 4 is 5.91 Å². The molecule has 1 saturated carbocycles. The van der Waals surface area contributed by atoms with Gasteiger partial charge in [-0.15, -0.1) is 0 Å². The van der Waals surface area contributed by atoms with Gasteiger partial charge in [-0.3, -0.25) is 4.79 Å². The molecule has 2 heterocycles. The summed E-state index contributed by atoms with van der Waals surface area (Å²) in [6, 6.07) is 10.0. The number of benzene rings is 1. The first kappa shape index (κ1) is 19.1. The minimum absolute atomic E-state index is 0.168. The molecule has 2 aromatic rings. The van der Waals surface area contributed by atoms with Crippen LogP contribution in [0.3, 0.4) is 0 Å². The minimum atomic E-state index is 0.168. The van der Waals surface area contributed by atoms with Gasteiger partial charge in [0.1, 0.15) is 6.61 Å². The predicted molar refractivity (Wildman–Crippen MR) is 104 cm³/mol. The van der Waals surface area contributed by atoms with E-state index in [0.29, 0.717) is 49.7 Å². The van der Waals surface area contributed by atoms with E-state index in [1.165, 1.54) is 32.1 Å². The fraction of sp³-hybridized carbons (Fsp3) is 0.591. The van der Waals surface area contributed by atoms with E-state index in [1.807, 2.05) is 35.2 Å². The highest BCUT2D eigenvalue weighted by atomic mass is 16.5. The monoisotopic (exact) mass is 383 g/mol. The summed E-state index contributed by atoms with van der Waals surface area (Å²) in [5.74, 6) is 2.24. The molecule has 0 spiro atoms. The van der Waals surface area contributed by atoms with E-state index >= 15 is 0 Å². The summed E-state index contributed by atoms with van der Waals surface area (Å²) < 4.78 is 11.0. The molecule has 28 heavy (non-hydrogen) atoms. The van der Waals surface area contributed by atoms with Crippen LogP contribution >= 0.6 is 0 Å². The van der Waals surface area contributed by atoms with E-state index in [9.17, 15) is 4.79 Å². The molecular formula is C22H29N3O3. The first-order valence-corrected chi connectivity index (χ1v) is 10.5. The van der Waals surface area contributed by atoms with Crippen molar-refractivity contribution in [2.75, 3.05) is 13.1 Å². The second-order valence-electron chi connectivity index (χ2n) is 8.06. The van der Waals surface area contributed by atoms with E-state index in [4.69, 9.17) is 9.26 Å². The largest absolute Gasteiger partial charge is 0.367 e. The molecule has 0 radical (unpaired) electrons. The first-order chi connectivity index (χ1) is 13.8. The zero-order valence-electron chi connectivity index (χ0n) is 16.4. The van der Waals surface area contributed by atoms with Crippen LogP contribution in [0, 0.1) is 5.92 Å². The van der Waals surface area contributed by atoms with Gasteiger partial charge in [-0.1, -0.05) is 54.8 Å². The number of ether oxygens (including phenoxy) is 1. The lowest BCUT2D eigenvalue weighted by Crippen LogP contribution is -2.30. The second kappa shape index (κ2) is 9.32. The minimum Gasteiger partial charge on any atom is -0.367 e. The van der Waals surface area contributed by atoms with Crippen LogP contribution in [0.25, 0.3) is 0 Å². The fourth-order valence-corrected chi connectivity index (χ4v) is 4.29. The van der Waals surface area contributed by atoms with Gasteiger partial charge in [-0.05, 0) is 30.7 Å². The molecule has 2 aliphatic rings. The Bertz CT molecular complexity index is 755. The van der Waals surface area contributed by atoms with E-state index in [2.05, 4.69) is 10.1 Å². The molecule has 6 heteroatoms. The van der Waals surface area contributed by atoms with Crippen molar-refractivity contribution in [3.63, 3.8) is 0 Å². The lowest BCUT2D eigenvalue weighted by Gasteiger charge is -2.24.